The number of nitrogens with one attached hydrogen (secondary N) is 1. The molecule has 1 N–H and O–H groups in total. The molecule has 0 aliphatic carbocycles. The van der Waals surface area contributed by atoms with Crippen molar-refractivity contribution in [1.29, 1.82) is 0 Å². The van der Waals surface area contributed by atoms with E-state index in [0.29, 0.717) is 29.5 Å². The van der Waals surface area contributed by atoms with Crippen molar-refractivity contribution >= 4 is 23.7 Å². The van der Waals surface area contributed by atoms with E-state index in [1.807, 2.05) is 55.5 Å². The maximum Gasteiger partial charge on any atom is 0.271 e. The highest BCUT2D eigenvalue weighted by molar-refractivity contribution is 6.31. The van der Waals surface area contributed by atoms with Crippen LogP contribution in [0.5, 0.6) is 11.5 Å². The van der Waals surface area contributed by atoms with E-state index in [1.54, 1.807) is 30.5 Å². The van der Waals surface area contributed by atoms with Crippen molar-refractivity contribution in [3.8, 4) is 11.5 Å². The number of carbonyl (C=O) groups excluding carboxylic acids is 1. The second-order valence-corrected chi connectivity index (χ2v) is 6.90. The summed E-state index contributed by atoms with van der Waals surface area (Å²) in [4.78, 5) is 12.3. The molecule has 3 aromatic rings. The third-order valence-electron chi connectivity index (χ3n) is 4.22. The van der Waals surface area contributed by atoms with Gasteiger partial charge in [0.25, 0.3) is 5.91 Å². The lowest BCUT2D eigenvalue weighted by atomic mass is 10.2. The fourth-order valence-corrected chi connectivity index (χ4v) is 2.83. The Balaban J connectivity index is 1.59. The van der Waals surface area contributed by atoms with E-state index >= 15 is 0 Å². The molecule has 154 valence electrons. The minimum Gasteiger partial charge on any atom is -0.494 e. The van der Waals surface area contributed by atoms with Crippen molar-refractivity contribution in [3.05, 3.63) is 94.5 Å². The smallest absolute Gasteiger partial charge is 0.271 e. The zero-order valence-corrected chi connectivity index (χ0v) is 17.4. The van der Waals surface area contributed by atoms with Gasteiger partial charge in [0.15, 0.2) is 0 Å². The van der Waals surface area contributed by atoms with E-state index in [2.05, 4.69) is 10.5 Å². The van der Waals surface area contributed by atoms with E-state index in [9.17, 15) is 4.79 Å². The van der Waals surface area contributed by atoms with E-state index in [-0.39, 0.29) is 5.91 Å². The van der Waals surface area contributed by atoms with Crippen molar-refractivity contribution in [2.24, 2.45) is 5.10 Å². The maximum absolute atomic E-state index is 12.3. The molecule has 1 amide bonds. The molecule has 0 atom stereocenters. The first-order chi connectivity index (χ1) is 14.7. The predicted octanol–water partition coefficient (Wildman–Crippen LogP) is 5.47. The van der Waals surface area contributed by atoms with Gasteiger partial charge in [-0.2, -0.15) is 5.10 Å². The van der Waals surface area contributed by atoms with E-state index in [1.165, 1.54) is 0 Å². The number of nitrogens with zero attached hydrogens (tertiary/aromatic N) is 1. The largest absolute Gasteiger partial charge is 0.494 e. The third-order valence-corrected chi connectivity index (χ3v) is 4.59. The van der Waals surface area contributed by atoms with Gasteiger partial charge in [-0.25, -0.2) is 5.43 Å². The minimum atomic E-state index is -0.303. The molecule has 0 fully saturated rings. The van der Waals surface area contributed by atoms with Gasteiger partial charge in [-0.05, 0) is 48.9 Å². The normalized spacial score (nSPS) is 10.7. The first-order valence-corrected chi connectivity index (χ1v) is 10.1. The second kappa shape index (κ2) is 11.0. The first-order valence-electron chi connectivity index (χ1n) is 9.69. The highest BCUT2D eigenvalue weighted by Crippen LogP contribution is 2.21. The zero-order chi connectivity index (χ0) is 21.2. The number of rotatable bonds is 9. The summed E-state index contributed by atoms with van der Waals surface area (Å²) in [7, 11) is 0. The summed E-state index contributed by atoms with van der Waals surface area (Å²) in [5.41, 5.74) is 4.67. The van der Waals surface area contributed by atoms with Crippen LogP contribution >= 0.6 is 11.6 Å². The highest BCUT2D eigenvalue weighted by atomic mass is 35.5. The van der Waals surface area contributed by atoms with Crippen LogP contribution in [0.25, 0.3) is 0 Å². The summed E-state index contributed by atoms with van der Waals surface area (Å²) < 4.78 is 11.4. The summed E-state index contributed by atoms with van der Waals surface area (Å²) in [6, 6.07) is 21.9. The van der Waals surface area contributed by atoms with Gasteiger partial charge in [-0.15, -0.1) is 0 Å². The first kappa shape index (κ1) is 21.4. The molecular formula is C24H23ClN2O3. The Labute approximate surface area is 181 Å². The Bertz CT molecular complexity index is 1000. The Morgan fingerprint density at radius 3 is 2.50 bits per heavy atom. The van der Waals surface area contributed by atoms with Crippen LogP contribution in [-0.4, -0.2) is 18.7 Å². The van der Waals surface area contributed by atoms with Crippen molar-refractivity contribution in [1.82, 2.24) is 5.43 Å². The molecule has 0 aliphatic rings. The molecule has 6 heteroatoms. The number of hydrazone groups is 1. The van der Waals surface area contributed by atoms with Gasteiger partial charge in [0.05, 0.1) is 12.8 Å². The molecule has 0 unspecified atom stereocenters. The average Bonchev–Trinajstić information content (AvgIpc) is 2.78. The van der Waals surface area contributed by atoms with Crippen LogP contribution < -0.4 is 14.9 Å². The summed E-state index contributed by atoms with van der Waals surface area (Å²) in [6.45, 7) is 3.02. The molecule has 0 saturated heterocycles. The predicted molar refractivity (Wildman–Crippen MR) is 120 cm³/mol. The Hall–Kier alpha value is -3.31. The number of carbonyl (C=O) groups is 1. The topological polar surface area (TPSA) is 59.9 Å². The van der Waals surface area contributed by atoms with Gasteiger partial charge < -0.3 is 9.47 Å². The zero-order valence-electron chi connectivity index (χ0n) is 16.7. The van der Waals surface area contributed by atoms with Crippen molar-refractivity contribution in [3.63, 3.8) is 0 Å². The van der Waals surface area contributed by atoms with Gasteiger partial charge in [-0.1, -0.05) is 48.9 Å². The Kier molecular flexibility index (Phi) is 7.86. The summed E-state index contributed by atoms with van der Waals surface area (Å²) >= 11 is 6.18. The Morgan fingerprint density at radius 1 is 1.00 bits per heavy atom. The number of halogens is 1. The Morgan fingerprint density at radius 2 is 1.73 bits per heavy atom. The molecule has 0 spiro atoms. The average molecular weight is 423 g/mol. The molecule has 5 nitrogen and oxygen atoms in total. The maximum atomic E-state index is 12.3. The summed E-state index contributed by atoms with van der Waals surface area (Å²) in [5.74, 6) is 1.08. The minimum absolute atomic E-state index is 0.303. The van der Waals surface area contributed by atoms with Crippen LogP contribution in [0, 0.1) is 0 Å². The standard InChI is InChI=1S/C24H23ClN2O3/c1-2-15-29-21-13-11-18(12-14-21)24(28)27-26-16-19-7-4-6-10-23(19)30-17-20-8-3-5-9-22(20)25/h3-14,16H,2,15,17H2,1H3,(H,27,28)/b26-16-. The van der Waals surface area contributed by atoms with Crippen molar-refractivity contribution < 1.29 is 14.3 Å². The van der Waals surface area contributed by atoms with Gasteiger partial charge >= 0.3 is 0 Å². The number of hydrogen-bond donors (Lipinski definition) is 1. The van der Waals surface area contributed by atoms with E-state index in [4.69, 9.17) is 21.1 Å². The van der Waals surface area contributed by atoms with E-state index in [0.717, 1.165) is 23.3 Å². The van der Waals surface area contributed by atoms with Crippen LogP contribution in [0.4, 0.5) is 0 Å². The van der Waals surface area contributed by atoms with Crippen molar-refractivity contribution in [2.45, 2.75) is 20.0 Å². The monoisotopic (exact) mass is 422 g/mol. The van der Waals surface area contributed by atoms with Gasteiger partial charge in [0.2, 0.25) is 0 Å². The fraction of sp³-hybridized carbons (Fsp3) is 0.167. The van der Waals surface area contributed by atoms with Crippen LogP contribution in [0.15, 0.2) is 77.9 Å². The number of amides is 1. The van der Waals surface area contributed by atoms with Crippen LogP contribution in [0.2, 0.25) is 5.02 Å². The molecule has 0 aromatic heterocycles. The second-order valence-electron chi connectivity index (χ2n) is 6.49. The van der Waals surface area contributed by atoms with Crippen molar-refractivity contribution in [2.75, 3.05) is 6.61 Å². The van der Waals surface area contributed by atoms with Crippen LogP contribution in [0.3, 0.4) is 0 Å². The lowest BCUT2D eigenvalue weighted by Gasteiger charge is -2.10. The molecule has 3 aromatic carbocycles. The summed E-state index contributed by atoms with van der Waals surface area (Å²) in [6.07, 6.45) is 2.49. The number of benzene rings is 3. The molecule has 0 aliphatic heterocycles. The highest BCUT2D eigenvalue weighted by Gasteiger charge is 2.06. The quantitative estimate of drug-likeness (QED) is 0.367. The lowest BCUT2D eigenvalue weighted by Crippen LogP contribution is -2.17. The van der Waals surface area contributed by atoms with Gasteiger partial charge in [0, 0.05) is 21.7 Å². The molecule has 0 saturated carbocycles. The molecule has 0 radical (unpaired) electrons. The van der Waals surface area contributed by atoms with Gasteiger partial charge in [0.1, 0.15) is 18.1 Å². The SMILES string of the molecule is CCCOc1ccc(C(=O)N/N=C\c2ccccc2OCc2ccccc2Cl)cc1. The summed E-state index contributed by atoms with van der Waals surface area (Å²) in [5, 5.41) is 4.72. The van der Waals surface area contributed by atoms with E-state index < -0.39 is 0 Å². The van der Waals surface area contributed by atoms with Crippen LogP contribution in [-0.2, 0) is 6.61 Å². The number of ether oxygens (including phenoxy) is 2. The number of hydrogen-bond acceptors (Lipinski definition) is 4. The lowest BCUT2D eigenvalue weighted by molar-refractivity contribution is 0.0955. The van der Waals surface area contributed by atoms with Crippen LogP contribution in [0.1, 0.15) is 34.8 Å². The third kappa shape index (κ3) is 6.09. The molecular weight excluding hydrogens is 400 g/mol. The molecule has 0 bridgehead atoms. The fourth-order valence-electron chi connectivity index (χ4n) is 2.64. The molecule has 3 rings (SSSR count). The molecule has 0 heterocycles. The number of para-hydroxylation sites is 1. The molecule has 30 heavy (non-hydrogen) atoms. The van der Waals surface area contributed by atoms with Gasteiger partial charge in [-0.3, -0.25) is 4.79 Å².